The minimum Gasteiger partial charge on any atom is -0.0767 e. The van der Waals surface area contributed by atoms with Crippen molar-refractivity contribution in [2.24, 2.45) is 0 Å². The standard InChI is InChI=1S/C20H18S2Si/c1-20(21-22-20)23(17-11-5-2-6-12-17,18-13-7-3-8-14-18)19-15-9-4-10-16-19/h2-16H,1H3. The van der Waals surface area contributed by atoms with E-state index >= 15 is 0 Å². The number of hydrogen-bond donors (Lipinski definition) is 0. The van der Waals surface area contributed by atoms with Gasteiger partial charge in [0.05, 0.1) is 3.70 Å². The van der Waals surface area contributed by atoms with Crippen molar-refractivity contribution < 1.29 is 0 Å². The molecule has 1 heterocycles. The van der Waals surface area contributed by atoms with Crippen molar-refractivity contribution in [3.05, 3.63) is 91.0 Å². The summed E-state index contributed by atoms with van der Waals surface area (Å²) >= 11 is 0. The first-order chi connectivity index (χ1) is 11.3. The van der Waals surface area contributed by atoms with E-state index in [1.54, 1.807) is 0 Å². The van der Waals surface area contributed by atoms with Crippen molar-refractivity contribution in [2.45, 2.75) is 10.6 Å². The van der Waals surface area contributed by atoms with Crippen molar-refractivity contribution >= 4 is 45.2 Å². The predicted molar refractivity (Wildman–Crippen MR) is 108 cm³/mol. The lowest BCUT2D eigenvalue weighted by atomic mass is 10.3. The lowest BCUT2D eigenvalue weighted by Crippen LogP contribution is -2.74. The first-order valence-corrected chi connectivity index (χ1v) is 12.0. The molecule has 0 bridgehead atoms. The van der Waals surface area contributed by atoms with Crippen LogP contribution in [-0.2, 0) is 0 Å². The molecule has 0 amide bonds. The lowest BCUT2D eigenvalue weighted by Gasteiger charge is -2.37. The molecule has 0 N–H and O–H groups in total. The molecule has 23 heavy (non-hydrogen) atoms. The van der Waals surface area contributed by atoms with Gasteiger partial charge in [0.15, 0.2) is 8.07 Å². The normalized spacial score (nSPS) is 16.0. The Morgan fingerprint density at radius 3 is 1.13 bits per heavy atom. The van der Waals surface area contributed by atoms with E-state index in [0.717, 1.165) is 0 Å². The van der Waals surface area contributed by atoms with Gasteiger partial charge in [0.2, 0.25) is 0 Å². The van der Waals surface area contributed by atoms with Gasteiger partial charge in [-0.1, -0.05) is 113 Å². The molecule has 1 saturated heterocycles. The maximum atomic E-state index is 2.43. The van der Waals surface area contributed by atoms with E-state index in [-0.39, 0.29) is 3.70 Å². The van der Waals surface area contributed by atoms with Crippen LogP contribution in [0.3, 0.4) is 0 Å². The third-order valence-electron chi connectivity index (χ3n) is 4.63. The molecule has 1 aliphatic rings. The third-order valence-corrected chi connectivity index (χ3v) is 15.6. The molecule has 0 aromatic heterocycles. The van der Waals surface area contributed by atoms with Crippen molar-refractivity contribution in [3.63, 3.8) is 0 Å². The summed E-state index contributed by atoms with van der Waals surface area (Å²) in [6.07, 6.45) is 0. The second-order valence-corrected chi connectivity index (χ2v) is 14.1. The molecule has 1 fully saturated rings. The molecule has 0 saturated carbocycles. The highest BCUT2D eigenvalue weighted by molar-refractivity contribution is 8.94. The summed E-state index contributed by atoms with van der Waals surface area (Å²) in [5.74, 6) is 0. The van der Waals surface area contributed by atoms with E-state index in [0.29, 0.717) is 0 Å². The average molecular weight is 351 g/mol. The van der Waals surface area contributed by atoms with E-state index in [4.69, 9.17) is 0 Å². The number of hydrogen-bond acceptors (Lipinski definition) is 2. The molecule has 0 atom stereocenters. The monoisotopic (exact) mass is 350 g/mol. The molecule has 0 aliphatic carbocycles. The van der Waals surface area contributed by atoms with Crippen molar-refractivity contribution in [1.29, 1.82) is 0 Å². The van der Waals surface area contributed by atoms with Gasteiger partial charge in [0, 0.05) is 0 Å². The highest BCUT2D eigenvalue weighted by Gasteiger charge is 2.63. The molecule has 0 spiro atoms. The van der Waals surface area contributed by atoms with Gasteiger partial charge in [-0.2, -0.15) is 0 Å². The summed E-state index contributed by atoms with van der Waals surface area (Å²) in [6, 6.07) is 33.4. The van der Waals surface area contributed by atoms with E-state index in [9.17, 15) is 0 Å². The van der Waals surface area contributed by atoms with Crippen molar-refractivity contribution in [3.8, 4) is 0 Å². The van der Waals surface area contributed by atoms with Crippen LogP contribution in [0.15, 0.2) is 91.0 Å². The minimum absolute atomic E-state index is 0.247. The van der Waals surface area contributed by atoms with Crippen LogP contribution in [0.2, 0.25) is 0 Å². The Labute approximate surface area is 146 Å². The zero-order chi connectivity index (χ0) is 15.8. The zero-order valence-corrected chi connectivity index (χ0v) is 15.6. The maximum Gasteiger partial charge on any atom is 0.177 e. The second kappa shape index (κ2) is 5.89. The summed E-state index contributed by atoms with van der Waals surface area (Å²) in [5.41, 5.74) is 0. The minimum atomic E-state index is -2.09. The fraction of sp³-hybridized carbons (Fsp3) is 0.100. The predicted octanol–water partition coefficient (Wildman–Crippen LogP) is 3.81. The molecule has 0 nitrogen and oxygen atoms in total. The fourth-order valence-electron chi connectivity index (χ4n) is 3.54. The lowest BCUT2D eigenvalue weighted by molar-refractivity contribution is 1.29. The van der Waals surface area contributed by atoms with E-state index < -0.39 is 8.07 Å². The molecule has 0 radical (unpaired) electrons. The Morgan fingerprint density at radius 1 is 0.565 bits per heavy atom. The van der Waals surface area contributed by atoms with Gasteiger partial charge in [-0.3, -0.25) is 0 Å². The quantitative estimate of drug-likeness (QED) is 0.304. The van der Waals surface area contributed by atoms with E-state index in [1.165, 1.54) is 15.6 Å². The number of benzene rings is 3. The smallest absolute Gasteiger partial charge is 0.0767 e. The molecule has 114 valence electrons. The van der Waals surface area contributed by atoms with Crippen LogP contribution in [0.1, 0.15) is 6.92 Å². The Hall–Kier alpha value is -1.42. The average Bonchev–Trinajstić information content (AvgIpc) is 3.37. The maximum absolute atomic E-state index is 2.43. The highest BCUT2D eigenvalue weighted by atomic mass is 33.2. The molecule has 1 aliphatic heterocycles. The highest BCUT2D eigenvalue weighted by Crippen LogP contribution is 2.68. The number of rotatable bonds is 4. The third kappa shape index (κ3) is 2.38. The summed E-state index contributed by atoms with van der Waals surface area (Å²) < 4.78 is 0.247. The van der Waals surface area contributed by atoms with Crippen LogP contribution in [-0.4, -0.2) is 11.8 Å². The topological polar surface area (TPSA) is 0 Å². The summed E-state index contributed by atoms with van der Waals surface area (Å²) in [7, 11) is 1.99. The van der Waals surface area contributed by atoms with Crippen molar-refractivity contribution in [2.75, 3.05) is 0 Å². The Morgan fingerprint density at radius 2 is 0.870 bits per heavy atom. The molecular weight excluding hydrogens is 332 g/mol. The van der Waals surface area contributed by atoms with Crippen LogP contribution in [0, 0.1) is 0 Å². The van der Waals surface area contributed by atoms with Gasteiger partial charge in [0.25, 0.3) is 0 Å². The van der Waals surface area contributed by atoms with Gasteiger partial charge in [-0.25, -0.2) is 0 Å². The molecule has 3 aromatic carbocycles. The fourth-order valence-corrected chi connectivity index (χ4v) is 14.4. The van der Waals surface area contributed by atoms with E-state index in [2.05, 4.69) is 97.9 Å². The van der Waals surface area contributed by atoms with Gasteiger partial charge < -0.3 is 0 Å². The van der Waals surface area contributed by atoms with Gasteiger partial charge in [0.1, 0.15) is 0 Å². The molecule has 3 heteroatoms. The van der Waals surface area contributed by atoms with Crippen LogP contribution in [0.5, 0.6) is 0 Å². The second-order valence-electron chi connectivity index (χ2n) is 5.96. The summed E-state index contributed by atoms with van der Waals surface area (Å²) in [6.45, 7) is 2.43. The Bertz CT molecular complexity index is 687. The summed E-state index contributed by atoms with van der Waals surface area (Å²) in [5, 5.41) is 4.49. The van der Waals surface area contributed by atoms with Crippen LogP contribution in [0.25, 0.3) is 0 Å². The van der Waals surface area contributed by atoms with Crippen LogP contribution >= 0.6 is 21.6 Å². The molecule has 4 rings (SSSR count). The largest absolute Gasteiger partial charge is 0.177 e. The van der Waals surface area contributed by atoms with Crippen LogP contribution in [0.4, 0.5) is 0 Å². The SMILES string of the molecule is CC1([Si](c2ccccc2)(c2ccccc2)c2ccccc2)SS1. The Kier molecular flexibility index (Phi) is 3.88. The van der Waals surface area contributed by atoms with Gasteiger partial charge in [-0.05, 0) is 22.5 Å². The van der Waals surface area contributed by atoms with E-state index in [1.807, 2.05) is 21.6 Å². The molecule has 3 aromatic rings. The summed E-state index contributed by atoms with van der Waals surface area (Å²) in [4.78, 5) is 0. The van der Waals surface area contributed by atoms with Crippen molar-refractivity contribution in [1.82, 2.24) is 0 Å². The van der Waals surface area contributed by atoms with Crippen LogP contribution < -0.4 is 15.6 Å². The zero-order valence-electron chi connectivity index (χ0n) is 13.0. The first kappa shape index (κ1) is 15.1. The molecule has 0 unspecified atom stereocenters. The van der Waals surface area contributed by atoms with Gasteiger partial charge >= 0.3 is 0 Å². The first-order valence-electron chi connectivity index (χ1n) is 7.81. The van der Waals surface area contributed by atoms with Gasteiger partial charge in [-0.15, -0.1) is 0 Å². The Balaban J connectivity index is 2.07. The molecular formula is C20H18S2Si.